The first-order valence-corrected chi connectivity index (χ1v) is 8.85. The maximum Gasteiger partial charge on any atom is 0.417 e. The van der Waals surface area contributed by atoms with E-state index in [2.05, 4.69) is 0 Å². The van der Waals surface area contributed by atoms with Crippen LogP contribution in [0.2, 0.25) is 0 Å². The summed E-state index contributed by atoms with van der Waals surface area (Å²) in [6, 6.07) is 6.08. The third-order valence-electron chi connectivity index (χ3n) is 4.66. The molecule has 0 N–H and O–H groups in total. The summed E-state index contributed by atoms with van der Waals surface area (Å²) in [5.41, 5.74) is -1.34. The van der Waals surface area contributed by atoms with Crippen molar-refractivity contribution < 1.29 is 32.2 Å². The van der Waals surface area contributed by atoms with Gasteiger partial charge >= 0.3 is 12.1 Å². The number of carbonyl (C=O) groups is 2. The number of methoxy groups -OCH3 is 2. The van der Waals surface area contributed by atoms with Crippen molar-refractivity contribution in [1.82, 2.24) is 0 Å². The van der Waals surface area contributed by atoms with E-state index in [9.17, 15) is 22.8 Å². The van der Waals surface area contributed by atoms with Crippen molar-refractivity contribution in [2.45, 2.75) is 39.3 Å². The lowest BCUT2D eigenvalue weighted by molar-refractivity contribution is -0.137. The Morgan fingerprint density at radius 1 is 0.931 bits per heavy atom. The van der Waals surface area contributed by atoms with Crippen molar-refractivity contribution in [2.75, 3.05) is 14.2 Å². The number of hydrogen-bond donors (Lipinski definition) is 0. The minimum Gasteiger partial charge on any atom is -0.496 e. The molecule has 0 unspecified atom stereocenters. The van der Waals surface area contributed by atoms with Gasteiger partial charge in [-0.3, -0.25) is 4.79 Å². The van der Waals surface area contributed by atoms with E-state index in [1.807, 2.05) is 20.8 Å². The van der Waals surface area contributed by atoms with Crippen molar-refractivity contribution in [3.8, 4) is 5.75 Å². The first-order valence-electron chi connectivity index (χ1n) is 8.85. The van der Waals surface area contributed by atoms with Gasteiger partial charge in [0, 0.05) is 16.7 Å². The quantitative estimate of drug-likeness (QED) is 0.506. The van der Waals surface area contributed by atoms with Gasteiger partial charge < -0.3 is 9.47 Å². The molecule has 0 bridgehead atoms. The zero-order chi connectivity index (χ0) is 22.1. The highest BCUT2D eigenvalue weighted by Crippen LogP contribution is 2.39. The lowest BCUT2D eigenvalue weighted by atomic mass is 9.81. The smallest absolute Gasteiger partial charge is 0.417 e. The van der Waals surface area contributed by atoms with Crippen LogP contribution < -0.4 is 4.74 Å². The van der Waals surface area contributed by atoms with Gasteiger partial charge in [-0.1, -0.05) is 39.0 Å². The monoisotopic (exact) mass is 408 g/mol. The van der Waals surface area contributed by atoms with Gasteiger partial charge in [-0.05, 0) is 30.0 Å². The molecule has 0 aromatic heterocycles. The van der Waals surface area contributed by atoms with Crippen LogP contribution in [-0.2, 0) is 16.3 Å². The molecule has 2 aromatic rings. The number of halogens is 3. The number of hydrogen-bond acceptors (Lipinski definition) is 4. The molecule has 0 aliphatic rings. The summed E-state index contributed by atoms with van der Waals surface area (Å²) in [6.45, 7) is 7.03. The number of ketones is 1. The Morgan fingerprint density at radius 3 is 2.00 bits per heavy atom. The lowest BCUT2D eigenvalue weighted by Crippen LogP contribution is -2.21. The largest absolute Gasteiger partial charge is 0.496 e. The molecule has 2 rings (SSSR count). The predicted molar refractivity (Wildman–Crippen MR) is 103 cm³/mol. The first kappa shape index (κ1) is 22.5. The Hall–Kier alpha value is -2.83. The van der Waals surface area contributed by atoms with Crippen LogP contribution in [0.25, 0.3) is 0 Å². The van der Waals surface area contributed by atoms with E-state index in [1.165, 1.54) is 39.3 Å². The molecule has 7 heteroatoms. The average molecular weight is 408 g/mol. The summed E-state index contributed by atoms with van der Waals surface area (Å²) in [7, 11) is 2.57. The van der Waals surface area contributed by atoms with Crippen LogP contribution in [-0.4, -0.2) is 26.0 Å². The summed E-state index contributed by atoms with van der Waals surface area (Å²) in [4.78, 5) is 25.6. The maximum absolute atomic E-state index is 13.4. The van der Waals surface area contributed by atoms with Gasteiger partial charge in [0.25, 0.3) is 0 Å². The molecule has 0 atom stereocenters. The molecule has 2 aromatic carbocycles. The molecule has 0 aliphatic carbocycles. The third-order valence-corrected chi connectivity index (χ3v) is 4.66. The van der Waals surface area contributed by atoms with E-state index >= 15 is 0 Å². The fourth-order valence-electron chi connectivity index (χ4n) is 3.18. The van der Waals surface area contributed by atoms with Crippen LogP contribution in [0.3, 0.4) is 0 Å². The van der Waals surface area contributed by atoms with Crippen LogP contribution in [0.5, 0.6) is 5.75 Å². The predicted octanol–water partition coefficient (Wildman–Crippen LogP) is 5.34. The van der Waals surface area contributed by atoms with Crippen LogP contribution >= 0.6 is 0 Å². The Balaban J connectivity index is 2.87. The van der Waals surface area contributed by atoms with Crippen LogP contribution in [0.1, 0.15) is 63.7 Å². The molecule has 0 aliphatic heterocycles. The zero-order valence-electron chi connectivity index (χ0n) is 17.2. The molecule has 0 amide bonds. The van der Waals surface area contributed by atoms with Gasteiger partial charge in [0.1, 0.15) is 11.3 Å². The van der Waals surface area contributed by atoms with Gasteiger partial charge in [0.2, 0.25) is 0 Å². The van der Waals surface area contributed by atoms with Crippen molar-refractivity contribution in [2.24, 2.45) is 0 Å². The fraction of sp³-hybridized carbons (Fsp3) is 0.364. The Kier molecular flexibility index (Phi) is 6.11. The topological polar surface area (TPSA) is 52.6 Å². The molecule has 0 heterocycles. The molecular formula is C22H23F3O4. The van der Waals surface area contributed by atoms with E-state index in [1.54, 1.807) is 0 Å². The van der Waals surface area contributed by atoms with Crippen molar-refractivity contribution in [3.05, 3.63) is 63.7 Å². The van der Waals surface area contributed by atoms with E-state index in [-0.39, 0.29) is 22.4 Å². The normalized spacial score (nSPS) is 11.9. The lowest BCUT2D eigenvalue weighted by Gasteiger charge is -2.26. The van der Waals surface area contributed by atoms with Crippen LogP contribution in [0, 0.1) is 6.92 Å². The summed E-state index contributed by atoms with van der Waals surface area (Å²) < 4.78 is 50.6. The average Bonchev–Trinajstić information content (AvgIpc) is 2.64. The van der Waals surface area contributed by atoms with Gasteiger partial charge in [-0.25, -0.2) is 4.79 Å². The number of rotatable bonds is 4. The Bertz CT molecular complexity index is 954. The van der Waals surface area contributed by atoms with E-state index < -0.39 is 34.5 Å². The highest BCUT2D eigenvalue weighted by molar-refractivity contribution is 6.13. The minimum atomic E-state index is -4.69. The SMILES string of the molecule is COC(=O)c1c(C)c(C(=O)c2ccccc2C(F)(F)F)cc(C(C)(C)C)c1OC. The summed E-state index contributed by atoms with van der Waals surface area (Å²) in [5.74, 6) is -1.32. The molecule has 0 fully saturated rings. The van der Waals surface area contributed by atoms with E-state index in [4.69, 9.17) is 9.47 Å². The van der Waals surface area contributed by atoms with Gasteiger partial charge in [0.05, 0.1) is 19.8 Å². The molecular weight excluding hydrogens is 385 g/mol. The highest BCUT2D eigenvalue weighted by atomic mass is 19.4. The molecule has 0 radical (unpaired) electrons. The number of ether oxygens (including phenoxy) is 2. The molecule has 0 saturated carbocycles. The van der Waals surface area contributed by atoms with Crippen molar-refractivity contribution in [1.29, 1.82) is 0 Å². The van der Waals surface area contributed by atoms with Crippen LogP contribution in [0.15, 0.2) is 30.3 Å². The van der Waals surface area contributed by atoms with Crippen molar-refractivity contribution in [3.63, 3.8) is 0 Å². The molecule has 0 saturated heterocycles. The Morgan fingerprint density at radius 2 is 1.52 bits per heavy atom. The summed E-state index contributed by atoms with van der Waals surface area (Å²) >= 11 is 0. The second-order valence-corrected chi connectivity index (χ2v) is 7.62. The summed E-state index contributed by atoms with van der Waals surface area (Å²) in [5, 5.41) is 0. The minimum absolute atomic E-state index is 0.00664. The first-order chi connectivity index (χ1) is 13.3. The van der Waals surface area contributed by atoms with E-state index in [0.29, 0.717) is 5.56 Å². The van der Waals surface area contributed by atoms with E-state index in [0.717, 1.165) is 12.1 Å². The highest BCUT2D eigenvalue weighted by Gasteiger charge is 2.36. The third kappa shape index (κ3) is 4.28. The molecule has 156 valence electrons. The Labute approximate surface area is 167 Å². The zero-order valence-corrected chi connectivity index (χ0v) is 17.2. The number of esters is 1. The van der Waals surface area contributed by atoms with Gasteiger partial charge in [-0.2, -0.15) is 13.2 Å². The maximum atomic E-state index is 13.4. The number of benzene rings is 2. The van der Waals surface area contributed by atoms with Crippen molar-refractivity contribution >= 4 is 11.8 Å². The second kappa shape index (κ2) is 7.89. The summed E-state index contributed by atoms with van der Waals surface area (Å²) in [6.07, 6.45) is -4.69. The number of alkyl halides is 3. The molecule has 29 heavy (non-hydrogen) atoms. The molecule has 0 spiro atoms. The van der Waals surface area contributed by atoms with Gasteiger partial charge in [-0.15, -0.1) is 0 Å². The fourth-order valence-corrected chi connectivity index (χ4v) is 3.18. The number of carbonyl (C=O) groups excluding carboxylic acids is 2. The van der Waals surface area contributed by atoms with Gasteiger partial charge in [0.15, 0.2) is 5.78 Å². The van der Waals surface area contributed by atoms with Crippen LogP contribution in [0.4, 0.5) is 13.2 Å². The second-order valence-electron chi connectivity index (χ2n) is 7.62. The molecule has 4 nitrogen and oxygen atoms in total. The standard InChI is InChI=1S/C22H23F3O4/c1-12-14(18(26)13-9-7-8-10-15(13)22(23,24)25)11-16(21(2,3)4)19(28-5)17(12)20(27)29-6/h7-11H,1-6H3.